The lowest BCUT2D eigenvalue weighted by Gasteiger charge is -2.31. The fraction of sp³-hybridized carbons (Fsp3) is 0.524. The van der Waals surface area contributed by atoms with Crippen molar-refractivity contribution < 1.29 is 9.53 Å². The number of amides is 1. The number of carbonyl (C=O) groups is 1. The number of piperidine rings is 1. The summed E-state index contributed by atoms with van der Waals surface area (Å²) in [6, 6.07) is 10.5. The summed E-state index contributed by atoms with van der Waals surface area (Å²) in [5.74, 6) is -0.0423. The molecule has 0 bridgehead atoms. The second-order valence-corrected chi connectivity index (χ2v) is 7.57. The lowest BCUT2D eigenvalue weighted by atomic mass is 10.1. The maximum Gasteiger partial charge on any atom is 0.274 e. The van der Waals surface area contributed by atoms with Crippen molar-refractivity contribution in [3.8, 4) is 0 Å². The molecule has 1 amide bonds. The van der Waals surface area contributed by atoms with Crippen molar-refractivity contribution in [1.82, 2.24) is 20.0 Å². The number of benzene rings is 1. The van der Waals surface area contributed by atoms with Gasteiger partial charge in [-0.25, -0.2) is 0 Å². The molecule has 2 aromatic rings. The van der Waals surface area contributed by atoms with Crippen LogP contribution in [0.2, 0.25) is 0 Å². The lowest BCUT2D eigenvalue weighted by Crippen LogP contribution is -2.37. The van der Waals surface area contributed by atoms with Gasteiger partial charge in [0.1, 0.15) is 5.69 Å². The molecule has 150 valence electrons. The van der Waals surface area contributed by atoms with E-state index in [0.717, 1.165) is 57.8 Å². The molecule has 0 aliphatic carbocycles. The number of anilines is 1. The Morgan fingerprint density at radius 2 is 2.11 bits per heavy atom. The maximum atomic E-state index is 12.9. The van der Waals surface area contributed by atoms with Crippen LogP contribution < -0.4 is 10.2 Å². The number of hydrogen-bond acceptors (Lipinski definition) is 5. The van der Waals surface area contributed by atoms with E-state index in [1.165, 1.54) is 5.69 Å². The summed E-state index contributed by atoms with van der Waals surface area (Å²) in [5, 5.41) is 7.96. The fourth-order valence-corrected chi connectivity index (χ4v) is 3.99. The van der Waals surface area contributed by atoms with E-state index in [9.17, 15) is 4.79 Å². The molecule has 0 spiro atoms. The Bertz CT molecular complexity index is 794. The van der Waals surface area contributed by atoms with Crippen molar-refractivity contribution in [2.45, 2.75) is 25.4 Å². The van der Waals surface area contributed by atoms with E-state index in [1.807, 2.05) is 30.1 Å². The van der Waals surface area contributed by atoms with Crippen LogP contribution in [0.3, 0.4) is 0 Å². The van der Waals surface area contributed by atoms with Crippen LogP contribution in [-0.2, 0) is 11.3 Å². The van der Waals surface area contributed by atoms with Crippen molar-refractivity contribution in [3.63, 3.8) is 0 Å². The Morgan fingerprint density at radius 3 is 2.89 bits per heavy atom. The number of rotatable bonds is 5. The molecule has 2 aliphatic heterocycles. The molecule has 1 unspecified atom stereocenters. The topological polar surface area (TPSA) is 62.6 Å². The average molecular weight is 383 g/mol. The maximum absolute atomic E-state index is 12.9. The zero-order valence-electron chi connectivity index (χ0n) is 16.5. The number of hydrogen-bond donors (Lipinski definition) is 1. The van der Waals surface area contributed by atoms with E-state index >= 15 is 0 Å². The number of nitrogens with zero attached hydrogens (tertiary/aromatic N) is 4. The Labute approximate surface area is 166 Å². The van der Waals surface area contributed by atoms with Crippen LogP contribution in [0.4, 0.5) is 5.69 Å². The van der Waals surface area contributed by atoms with Gasteiger partial charge in [-0.15, -0.1) is 0 Å². The molecule has 2 fully saturated rings. The molecule has 3 heterocycles. The summed E-state index contributed by atoms with van der Waals surface area (Å²) < 4.78 is 7.41. The smallest absolute Gasteiger partial charge is 0.274 e. The zero-order valence-corrected chi connectivity index (χ0v) is 16.5. The normalized spacial score (nSPS) is 20.2. The van der Waals surface area contributed by atoms with E-state index in [4.69, 9.17) is 4.74 Å². The predicted molar refractivity (Wildman–Crippen MR) is 109 cm³/mol. The largest absolute Gasteiger partial charge is 0.378 e. The van der Waals surface area contributed by atoms with E-state index in [-0.39, 0.29) is 5.91 Å². The Kier molecular flexibility index (Phi) is 5.92. The highest BCUT2D eigenvalue weighted by Gasteiger charge is 2.21. The third-order valence-corrected chi connectivity index (χ3v) is 5.57. The molecule has 0 saturated carbocycles. The van der Waals surface area contributed by atoms with Crippen LogP contribution in [0.5, 0.6) is 0 Å². The standard InChI is InChI=1S/C21H29N5O2/c1-24(16-17-5-2-3-7-20(17)25-11-13-28-14-12-25)21(27)19-8-10-26(23-19)18-6-4-9-22-15-18/h2-3,5,7-8,10,18,22H,4,6,9,11-16H2,1H3. The fourth-order valence-electron chi connectivity index (χ4n) is 3.99. The molecular weight excluding hydrogens is 354 g/mol. The Hall–Kier alpha value is -2.38. The van der Waals surface area contributed by atoms with Crippen LogP contribution >= 0.6 is 0 Å². The number of nitrogens with one attached hydrogen (secondary N) is 1. The quantitative estimate of drug-likeness (QED) is 0.855. The van der Waals surface area contributed by atoms with E-state index in [1.54, 1.807) is 4.90 Å². The zero-order chi connectivity index (χ0) is 19.3. The van der Waals surface area contributed by atoms with Gasteiger partial charge < -0.3 is 19.9 Å². The summed E-state index contributed by atoms with van der Waals surface area (Å²) in [7, 11) is 1.85. The average Bonchev–Trinajstić information content (AvgIpc) is 3.25. The van der Waals surface area contributed by atoms with Crippen molar-refractivity contribution in [2.75, 3.05) is 51.3 Å². The SMILES string of the molecule is CN(Cc1ccccc1N1CCOCC1)C(=O)c1ccn(C2CCCNC2)n1. The van der Waals surface area contributed by atoms with Gasteiger partial charge >= 0.3 is 0 Å². The number of morpholine rings is 1. The third kappa shape index (κ3) is 4.20. The first-order valence-corrected chi connectivity index (χ1v) is 10.1. The highest BCUT2D eigenvalue weighted by molar-refractivity contribution is 5.92. The monoisotopic (exact) mass is 383 g/mol. The minimum absolute atomic E-state index is 0.0423. The molecule has 2 saturated heterocycles. The van der Waals surface area contributed by atoms with Gasteiger partial charge in [-0.3, -0.25) is 9.48 Å². The minimum atomic E-state index is -0.0423. The van der Waals surface area contributed by atoms with Crippen LogP contribution in [0, 0.1) is 0 Å². The van der Waals surface area contributed by atoms with Crippen molar-refractivity contribution in [3.05, 3.63) is 47.8 Å². The number of carbonyl (C=O) groups excluding carboxylic acids is 1. The van der Waals surface area contributed by atoms with Gasteiger partial charge in [-0.1, -0.05) is 18.2 Å². The van der Waals surface area contributed by atoms with Gasteiger partial charge in [-0.2, -0.15) is 5.10 Å². The van der Waals surface area contributed by atoms with Crippen LogP contribution in [-0.4, -0.2) is 67.0 Å². The third-order valence-electron chi connectivity index (χ3n) is 5.57. The summed E-state index contributed by atoms with van der Waals surface area (Å²) in [6.07, 6.45) is 4.18. The van der Waals surface area contributed by atoms with Crippen molar-refractivity contribution in [2.24, 2.45) is 0 Å². The van der Waals surface area contributed by atoms with Crippen LogP contribution in [0.15, 0.2) is 36.5 Å². The number of ether oxygens (including phenoxy) is 1. The molecule has 1 aromatic carbocycles. The summed E-state index contributed by atoms with van der Waals surface area (Å²) in [6.45, 7) is 5.80. The van der Waals surface area contributed by atoms with Crippen molar-refractivity contribution >= 4 is 11.6 Å². The molecule has 2 aliphatic rings. The summed E-state index contributed by atoms with van der Waals surface area (Å²) in [5.41, 5.74) is 2.84. The first-order valence-electron chi connectivity index (χ1n) is 10.1. The first kappa shape index (κ1) is 19.0. The highest BCUT2D eigenvalue weighted by atomic mass is 16.5. The number of para-hydroxylation sites is 1. The van der Waals surface area contributed by atoms with E-state index in [2.05, 4.69) is 33.5 Å². The summed E-state index contributed by atoms with van der Waals surface area (Å²) in [4.78, 5) is 17.0. The van der Waals surface area contributed by atoms with Gasteiger partial charge in [-0.05, 0) is 37.1 Å². The molecule has 28 heavy (non-hydrogen) atoms. The number of aromatic nitrogens is 2. The van der Waals surface area contributed by atoms with E-state index < -0.39 is 0 Å². The van der Waals surface area contributed by atoms with Crippen LogP contribution in [0.25, 0.3) is 0 Å². The molecule has 1 aromatic heterocycles. The first-order chi connectivity index (χ1) is 13.7. The van der Waals surface area contributed by atoms with Crippen LogP contribution in [0.1, 0.15) is 34.9 Å². The molecule has 7 nitrogen and oxygen atoms in total. The molecular formula is C21H29N5O2. The molecule has 1 N–H and O–H groups in total. The predicted octanol–water partition coefficient (Wildman–Crippen LogP) is 1.92. The molecule has 4 rings (SSSR count). The molecule has 1 atom stereocenters. The second-order valence-electron chi connectivity index (χ2n) is 7.57. The summed E-state index contributed by atoms with van der Waals surface area (Å²) >= 11 is 0. The van der Waals surface area contributed by atoms with Gasteiger partial charge in [0.2, 0.25) is 0 Å². The van der Waals surface area contributed by atoms with Gasteiger partial charge in [0.05, 0.1) is 19.3 Å². The van der Waals surface area contributed by atoms with E-state index in [0.29, 0.717) is 18.3 Å². The lowest BCUT2D eigenvalue weighted by molar-refractivity contribution is 0.0777. The van der Waals surface area contributed by atoms with Gasteiger partial charge in [0, 0.05) is 45.1 Å². The molecule has 7 heteroatoms. The second kappa shape index (κ2) is 8.75. The Morgan fingerprint density at radius 1 is 1.29 bits per heavy atom. The van der Waals surface area contributed by atoms with Crippen molar-refractivity contribution in [1.29, 1.82) is 0 Å². The van der Waals surface area contributed by atoms with Gasteiger partial charge in [0.15, 0.2) is 0 Å². The van der Waals surface area contributed by atoms with Gasteiger partial charge in [0.25, 0.3) is 5.91 Å². The Balaban J connectivity index is 1.44. The minimum Gasteiger partial charge on any atom is -0.378 e. The molecule has 0 radical (unpaired) electrons. The highest BCUT2D eigenvalue weighted by Crippen LogP contribution is 2.23.